The van der Waals surface area contributed by atoms with E-state index in [1.165, 1.54) is 6.33 Å². The van der Waals surface area contributed by atoms with Crippen LogP contribution in [0.4, 0.5) is 5.82 Å². The van der Waals surface area contributed by atoms with Crippen molar-refractivity contribution in [1.29, 1.82) is 0 Å². The van der Waals surface area contributed by atoms with Crippen LogP contribution in [0.2, 0.25) is 0 Å². The van der Waals surface area contributed by atoms with Crippen LogP contribution in [0.5, 0.6) is 0 Å². The van der Waals surface area contributed by atoms with Crippen LogP contribution < -0.4 is 4.90 Å². The van der Waals surface area contributed by atoms with Gasteiger partial charge in [0, 0.05) is 12.2 Å². The van der Waals surface area contributed by atoms with Gasteiger partial charge in [-0.15, -0.1) is 10.2 Å². The van der Waals surface area contributed by atoms with Crippen LogP contribution in [0.25, 0.3) is 23.2 Å². The molecule has 6 rings (SSSR count). The Morgan fingerprint density at radius 1 is 1.23 bits per heavy atom. The first kappa shape index (κ1) is 17.2. The van der Waals surface area contributed by atoms with Crippen molar-refractivity contribution in [3.63, 3.8) is 0 Å². The molecule has 0 radical (unpaired) electrons. The third kappa shape index (κ3) is 2.06. The molecule has 1 saturated carbocycles. The zero-order chi connectivity index (χ0) is 20.6. The maximum absolute atomic E-state index is 4.98. The molecule has 2 aliphatic rings. The molecule has 0 saturated heterocycles. The highest BCUT2D eigenvalue weighted by atomic mass is 15.5. The Morgan fingerprint density at radius 2 is 2.07 bits per heavy atom. The Labute approximate surface area is 172 Å². The average Bonchev–Trinajstić information content (AvgIpc) is 3.24. The normalized spacial score (nSPS) is 21.9. The molecule has 4 aromatic rings. The van der Waals surface area contributed by atoms with E-state index in [0.717, 1.165) is 35.3 Å². The lowest BCUT2D eigenvalue weighted by atomic mass is 10.0. The molecule has 1 N–H and O–H groups in total. The number of rotatable bonds is 3. The smallest absolute Gasteiger partial charge is 0.254 e. The minimum absolute atomic E-state index is 0.192. The average molecular weight is 403 g/mol. The fourth-order valence-electron chi connectivity index (χ4n) is 4.73. The summed E-state index contributed by atoms with van der Waals surface area (Å²) in [5, 5.41) is 20.2. The number of aryl methyl sites for hydroxylation is 1. The van der Waals surface area contributed by atoms with E-state index in [9.17, 15) is 0 Å². The second kappa shape index (κ2) is 5.71. The highest BCUT2D eigenvalue weighted by Crippen LogP contribution is 2.60. The van der Waals surface area contributed by atoms with Crippen molar-refractivity contribution >= 4 is 5.82 Å². The summed E-state index contributed by atoms with van der Waals surface area (Å²) < 4.78 is 3.72. The standard InChI is InChI=1S/C19H21N11/c1-10(2)29-16-14(28-12(4)25-27-17(28)19(29)7-11(19)3)8-20-18(24-16)30-15(21-9-23-30)13-5-6-22-26-13/h5-6,8-11H,7H2,1-4H3,(H,22,26)/t11-,19-/m0/s1. The van der Waals surface area contributed by atoms with E-state index >= 15 is 0 Å². The van der Waals surface area contributed by atoms with Crippen LogP contribution in [-0.4, -0.2) is 55.7 Å². The van der Waals surface area contributed by atoms with Crippen LogP contribution >= 0.6 is 0 Å². The Balaban J connectivity index is 1.58. The summed E-state index contributed by atoms with van der Waals surface area (Å²) in [6.45, 7) is 8.59. The molecule has 1 fully saturated rings. The van der Waals surface area contributed by atoms with Crippen LogP contribution in [0.1, 0.15) is 38.8 Å². The number of anilines is 1. The van der Waals surface area contributed by atoms with E-state index in [1.807, 2.05) is 19.2 Å². The summed E-state index contributed by atoms with van der Waals surface area (Å²) in [6, 6.07) is 2.07. The summed E-state index contributed by atoms with van der Waals surface area (Å²) in [5.74, 6) is 4.20. The van der Waals surface area contributed by atoms with Gasteiger partial charge in [-0.2, -0.15) is 19.9 Å². The number of H-pyrrole nitrogens is 1. The highest BCUT2D eigenvalue weighted by Gasteiger charge is 2.63. The van der Waals surface area contributed by atoms with Crippen molar-refractivity contribution < 1.29 is 0 Å². The van der Waals surface area contributed by atoms with Crippen LogP contribution in [0.3, 0.4) is 0 Å². The van der Waals surface area contributed by atoms with Crippen LogP contribution in [-0.2, 0) is 5.54 Å². The van der Waals surface area contributed by atoms with Crippen LogP contribution in [0.15, 0.2) is 24.8 Å². The second-order valence-corrected chi connectivity index (χ2v) is 8.24. The van der Waals surface area contributed by atoms with E-state index in [0.29, 0.717) is 17.7 Å². The molecule has 11 heteroatoms. The topological polar surface area (TPSA) is 119 Å². The fourth-order valence-corrected chi connectivity index (χ4v) is 4.73. The zero-order valence-corrected chi connectivity index (χ0v) is 17.1. The molecule has 152 valence electrons. The van der Waals surface area contributed by atoms with E-state index < -0.39 is 0 Å². The SMILES string of the molecule is Cc1nnc2n1-c1cnc(-n3ncnc3-c3ccn[nH]3)nc1N(C(C)C)[C@]21C[C@@H]1C. The molecule has 0 amide bonds. The molecule has 2 atom stereocenters. The van der Waals surface area contributed by atoms with Crippen molar-refractivity contribution in [2.75, 3.05) is 4.90 Å². The monoisotopic (exact) mass is 403 g/mol. The van der Waals surface area contributed by atoms with Crippen molar-refractivity contribution in [2.24, 2.45) is 5.92 Å². The van der Waals surface area contributed by atoms with E-state index in [4.69, 9.17) is 4.98 Å². The second-order valence-electron chi connectivity index (χ2n) is 8.24. The summed E-state index contributed by atoms with van der Waals surface area (Å²) >= 11 is 0. The first-order valence-corrected chi connectivity index (χ1v) is 10.0. The number of hydrogen-bond donors (Lipinski definition) is 1. The minimum Gasteiger partial charge on any atom is -0.339 e. The molecule has 5 heterocycles. The predicted molar refractivity (Wildman–Crippen MR) is 107 cm³/mol. The Kier molecular flexibility index (Phi) is 3.28. The third-order valence-corrected chi connectivity index (χ3v) is 6.12. The van der Waals surface area contributed by atoms with Crippen LogP contribution in [0, 0.1) is 12.8 Å². The van der Waals surface area contributed by atoms with Gasteiger partial charge in [0.15, 0.2) is 17.5 Å². The van der Waals surface area contributed by atoms with E-state index in [2.05, 4.69) is 65.7 Å². The highest BCUT2D eigenvalue weighted by molar-refractivity contribution is 5.67. The maximum atomic E-state index is 4.98. The number of aromatic amines is 1. The van der Waals surface area contributed by atoms with Crippen molar-refractivity contribution in [3.05, 3.63) is 36.4 Å². The van der Waals surface area contributed by atoms with Crippen molar-refractivity contribution in [1.82, 2.24) is 49.7 Å². The quantitative estimate of drug-likeness (QED) is 0.550. The first-order chi connectivity index (χ1) is 14.5. The lowest BCUT2D eigenvalue weighted by Gasteiger charge is -2.41. The number of nitrogens with one attached hydrogen (secondary N) is 1. The van der Waals surface area contributed by atoms with Gasteiger partial charge in [0.2, 0.25) is 0 Å². The van der Waals surface area contributed by atoms with Gasteiger partial charge in [0.1, 0.15) is 29.1 Å². The minimum atomic E-state index is -0.192. The number of fused-ring (bicyclic) bond motifs is 4. The third-order valence-electron chi connectivity index (χ3n) is 6.12. The summed E-state index contributed by atoms with van der Waals surface area (Å²) in [6.07, 6.45) is 6.01. The summed E-state index contributed by atoms with van der Waals surface area (Å²) in [4.78, 5) is 16.3. The lowest BCUT2D eigenvalue weighted by Crippen LogP contribution is -2.47. The molecule has 1 aliphatic heterocycles. The van der Waals surface area contributed by atoms with Gasteiger partial charge in [-0.1, -0.05) is 6.92 Å². The van der Waals surface area contributed by atoms with Gasteiger partial charge in [0.25, 0.3) is 5.95 Å². The molecule has 0 unspecified atom stereocenters. The molecule has 11 nitrogen and oxygen atoms in total. The molecule has 0 bridgehead atoms. The van der Waals surface area contributed by atoms with E-state index in [1.54, 1.807) is 10.9 Å². The van der Waals surface area contributed by atoms with E-state index in [-0.39, 0.29) is 11.6 Å². The molecule has 0 aromatic carbocycles. The Morgan fingerprint density at radius 3 is 2.77 bits per heavy atom. The number of nitrogens with zero attached hydrogens (tertiary/aromatic N) is 10. The van der Waals surface area contributed by atoms with Gasteiger partial charge in [-0.05, 0) is 39.2 Å². The number of hydrogen-bond acceptors (Lipinski definition) is 8. The maximum Gasteiger partial charge on any atom is 0.254 e. The Hall–Kier alpha value is -3.63. The molecule has 1 aliphatic carbocycles. The number of aromatic nitrogens is 10. The summed E-state index contributed by atoms with van der Waals surface area (Å²) in [5.41, 5.74) is 1.44. The lowest BCUT2D eigenvalue weighted by molar-refractivity contribution is 0.465. The molecule has 1 spiro atoms. The fraction of sp³-hybridized carbons (Fsp3) is 0.421. The first-order valence-electron chi connectivity index (χ1n) is 10.0. The zero-order valence-electron chi connectivity index (χ0n) is 17.1. The van der Waals surface area contributed by atoms with Gasteiger partial charge in [0.05, 0.1) is 6.20 Å². The molecular weight excluding hydrogens is 382 g/mol. The van der Waals surface area contributed by atoms with Crippen molar-refractivity contribution in [3.8, 4) is 23.2 Å². The molecule has 30 heavy (non-hydrogen) atoms. The van der Waals surface area contributed by atoms with Gasteiger partial charge in [-0.25, -0.2) is 9.97 Å². The largest absolute Gasteiger partial charge is 0.339 e. The predicted octanol–water partition coefficient (Wildman–Crippen LogP) is 1.80. The summed E-state index contributed by atoms with van der Waals surface area (Å²) in [7, 11) is 0. The molecule has 4 aromatic heterocycles. The molecular formula is C19H21N11. The van der Waals surface area contributed by atoms with Crippen molar-refractivity contribution in [2.45, 2.75) is 45.7 Å². The van der Waals surface area contributed by atoms with Gasteiger partial charge in [-0.3, -0.25) is 9.67 Å². The van der Waals surface area contributed by atoms with Gasteiger partial charge < -0.3 is 4.90 Å². The van der Waals surface area contributed by atoms with Gasteiger partial charge >= 0.3 is 0 Å². The Bertz CT molecular complexity index is 1250.